The van der Waals surface area contributed by atoms with Crippen LogP contribution in [-0.2, 0) is 15.6 Å². The maximum Gasteiger partial charge on any atom is 0.429 e. The number of benzene rings is 2. The Morgan fingerprint density at radius 1 is 0.833 bits per heavy atom. The second-order valence-corrected chi connectivity index (χ2v) is 7.51. The van der Waals surface area contributed by atoms with E-state index >= 15 is 0 Å². The van der Waals surface area contributed by atoms with Crippen molar-refractivity contribution >= 4 is 0 Å². The predicted octanol–water partition coefficient (Wildman–Crippen LogP) is 5.83. The van der Waals surface area contributed by atoms with E-state index < -0.39 is 47.0 Å². The fourth-order valence-electron chi connectivity index (χ4n) is 3.60. The zero-order valence-electron chi connectivity index (χ0n) is 15.6. The number of halogens is 6. The van der Waals surface area contributed by atoms with Crippen LogP contribution in [-0.4, -0.2) is 13.2 Å². The number of ether oxygens (including phenoxy) is 3. The molecule has 0 aromatic heterocycles. The Balaban J connectivity index is 1.47. The number of hydrogen-bond donors (Lipinski definition) is 0. The Morgan fingerprint density at radius 3 is 2.00 bits per heavy atom. The van der Waals surface area contributed by atoms with Crippen LogP contribution in [0.1, 0.15) is 36.7 Å². The molecule has 0 amide bonds. The van der Waals surface area contributed by atoms with Crippen LogP contribution in [0, 0.1) is 35.1 Å². The van der Waals surface area contributed by atoms with Crippen molar-refractivity contribution in [2.45, 2.75) is 31.7 Å². The fourth-order valence-corrected chi connectivity index (χ4v) is 3.60. The molecule has 1 aliphatic carbocycles. The van der Waals surface area contributed by atoms with Gasteiger partial charge in [0.1, 0.15) is 11.6 Å². The minimum Gasteiger partial charge on any atom is -0.429 e. The highest BCUT2D eigenvalue weighted by Crippen LogP contribution is 2.39. The van der Waals surface area contributed by atoms with E-state index in [1.807, 2.05) is 0 Å². The lowest BCUT2D eigenvalue weighted by molar-refractivity contribution is -0.217. The van der Waals surface area contributed by atoms with Crippen LogP contribution >= 0.6 is 0 Å². The average molecular weight is 432 g/mol. The molecule has 2 aromatic carbocycles. The van der Waals surface area contributed by atoms with Crippen molar-refractivity contribution in [3.63, 3.8) is 0 Å². The summed E-state index contributed by atoms with van der Waals surface area (Å²) in [6, 6.07) is 3.33. The summed E-state index contributed by atoms with van der Waals surface area (Å²) in [6.45, 7) is 0.888. The summed E-state index contributed by atoms with van der Waals surface area (Å²) < 4.78 is 98.0. The topological polar surface area (TPSA) is 27.7 Å². The van der Waals surface area contributed by atoms with Crippen molar-refractivity contribution in [3.05, 3.63) is 64.7 Å². The van der Waals surface area contributed by atoms with Crippen LogP contribution in [0.25, 0.3) is 0 Å². The molecule has 162 valence electrons. The molecular weight excluding hydrogens is 414 g/mol. The van der Waals surface area contributed by atoms with E-state index in [4.69, 9.17) is 9.47 Å². The van der Waals surface area contributed by atoms with Crippen LogP contribution in [0.4, 0.5) is 26.3 Å². The van der Waals surface area contributed by atoms with Crippen LogP contribution in [0.2, 0.25) is 0 Å². The van der Waals surface area contributed by atoms with Crippen LogP contribution in [0.15, 0.2) is 30.3 Å². The molecule has 1 heterocycles. The summed E-state index contributed by atoms with van der Waals surface area (Å²) in [7, 11) is 0. The minimum atomic E-state index is -4.26. The average Bonchev–Trinajstić information content (AvgIpc) is 2.64. The van der Waals surface area contributed by atoms with Gasteiger partial charge in [-0.1, -0.05) is 25.3 Å². The van der Waals surface area contributed by atoms with Crippen molar-refractivity contribution in [2.24, 2.45) is 11.8 Å². The molecule has 3 nitrogen and oxygen atoms in total. The normalized spacial score (nSPS) is 22.6. The van der Waals surface area contributed by atoms with Gasteiger partial charge in [-0.2, -0.15) is 8.78 Å². The van der Waals surface area contributed by atoms with Crippen LogP contribution < -0.4 is 4.74 Å². The van der Waals surface area contributed by atoms with Crippen LogP contribution in [0.3, 0.4) is 0 Å². The van der Waals surface area contributed by atoms with Crippen molar-refractivity contribution in [1.29, 1.82) is 0 Å². The minimum absolute atomic E-state index is 0.220. The molecular formula is C21H18F6O3. The van der Waals surface area contributed by atoms with Crippen LogP contribution in [0.5, 0.6) is 5.75 Å². The molecule has 0 radical (unpaired) electrons. The molecule has 30 heavy (non-hydrogen) atoms. The summed E-state index contributed by atoms with van der Waals surface area (Å²) in [5.74, 6) is -6.70. The zero-order valence-corrected chi connectivity index (χ0v) is 15.6. The van der Waals surface area contributed by atoms with Gasteiger partial charge in [0.2, 0.25) is 0 Å². The third-order valence-electron chi connectivity index (χ3n) is 5.52. The Bertz CT molecular complexity index is 900. The summed E-state index contributed by atoms with van der Waals surface area (Å²) in [5.41, 5.74) is -0.933. The van der Waals surface area contributed by atoms with Crippen molar-refractivity contribution in [3.8, 4) is 5.75 Å². The van der Waals surface area contributed by atoms with Crippen molar-refractivity contribution < 1.29 is 40.6 Å². The molecule has 2 aromatic rings. The second-order valence-electron chi connectivity index (χ2n) is 7.51. The van der Waals surface area contributed by atoms with E-state index in [1.54, 1.807) is 0 Å². The van der Waals surface area contributed by atoms with E-state index in [2.05, 4.69) is 4.74 Å². The molecule has 1 saturated carbocycles. The number of rotatable bonds is 5. The van der Waals surface area contributed by atoms with Gasteiger partial charge in [-0.3, -0.25) is 0 Å². The van der Waals surface area contributed by atoms with Gasteiger partial charge in [-0.25, -0.2) is 17.6 Å². The molecule has 0 spiro atoms. The third-order valence-corrected chi connectivity index (χ3v) is 5.52. The van der Waals surface area contributed by atoms with Gasteiger partial charge in [-0.15, -0.1) is 0 Å². The van der Waals surface area contributed by atoms with Gasteiger partial charge in [0.15, 0.2) is 23.7 Å². The molecule has 1 aliphatic heterocycles. The molecule has 1 saturated heterocycles. The number of hydrogen-bond acceptors (Lipinski definition) is 3. The third kappa shape index (κ3) is 4.13. The molecule has 0 atom stereocenters. The Kier molecular flexibility index (Phi) is 5.67. The van der Waals surface area contributed by atoms with E-state index in [-0.39, 0.29) is 23.6 Å². The van der Waals surface area contributed by atoms with E-state index in [0.717, 1.165) is 25.0 Å². The van der Waals surface area contributed by atoms with Gasteiger partial charge in [0.05, 0.1) is 18.8 Å². The molecule has 2 fully saturated rings. The lowest BCUT2D eigenvalue weighted by atomic mass is 9.76. The molecule has 0 bridgehead atoms. The lowest BCUT2D eigenvalue weighted by Gasteiger charge is -2.38. The second kappa shape index (κ2) is 8.11. The van der Waals surface area contributed by atoms with Gasteiger partial charge in [0.25, 0.3) is 0 Å². The Labute approximate surface area is 168 Å². The first-order chi connectivity index (χ1) is 14.2. The number of alkyl halides is 2. The van der Waals surface area contributed by atoms with Crippen molar-refractivity contribution in [1.82, 2.24) is 0 Å². The molecule has 4 rings (SSSR count). The van der Waals surface area contributed by atoms with Crippen molar-refractivity contribution in [2.75, 3.05) is 13.2 Å². The first-order valence-corrected chi connectivity index (χ1v) is 9.49. The molecule has 0 unspecified atom stereocenters. The first-order valence-electron chi connectivity index (χ1n) is 9.49. The molecule has 0 N–H and O–H groups in total. The Morgan fingerprint density at radius 2 is 1.47 bits per heavy atom. The van der Waals surface area contributed by atoms with E-state index in [0.29, 0.717) is 19.1 Å². The highest BCUT2D eigenvalue weighted by atomic mass is 19.3. The van der Waals surface area contributed by atoms with Gasteiger partial charge >= 0.3 is 6.11 Å². The maximum absolute atomic E-state index is 14.4. The molecule has 2 aliphatic rings. The van der Waals surface area contributed by atoms with Gasteiger partial charge in [0, 0.05) is 23.6 Å². The molecule has 9 heteroatoms. The van der Waals surface area contributed by atoms with E-state index in [1.165, 1.54) is 12.5 Å². The van der Waals surface area contributed by atoms with E-state index in [9.17, 15) is 26.3 Å². The summed E-state index contributed by atoms with van der Waals surface area (Å²) in [5, 5.41) is 0. The highest BCUT2D eigenvalue weighted by Gasteiger charge is 2.39. The first kappa shape index (κ1) is 21.0. The Hall–Kier alpha value is -2.26. The SMILES string of the molecule is Fc1cc(C2OCC(C3CCC3)CO2)ccc1C(F)(F)Oc1cc(F)c(F)c(F)c1. The predicted molar refractivity (Wildman–Crippen MR) is 92.7 cm³/mol. The maximum atomic E-state index is 14.4. The smallest absolute Gasteiger partial charge is 0.429 e. The standard InChI is InChI=1S/C21H18F6O3/c22-16-6-12(20-28-9-13(10-29-20)11-2-1-3-11)4-5-15(16)21(26,27)30-14-7-17(23)19(25)18(24)8-14/h4-8,11,13,20H,1-3,9-10H2. The fraction of sp³-hybridized carbons (Fsp3) is 0.429. The van der Waals surface area contributed by atoms with Gasteiger partial charge in [-0.05, 0) is 18.1 Å². The lowest BCUT2D eigenvalue weighted by Crippen LogP contribution is -2.35. The highest BCUT2D eigenvalue weighted by molar-refractivity contribution is 5.30. The summed E-state index contributed by atoms with van der Waals surface area (Å²) in [6.07, 6.45) is -1.70. The zero-order chi connectivity index (χ0) is 21.5. The summed E-state index contributed by atoms with van der Waals surface area (Å²) >= 11 is 0. The quantitative estimate of drug-likeness (QED) is 0.439. The van der Waals surface area contributed by atoms with Gasteiger partial charge < -0.3 is 14.2 Å². The summed E-state index contributed by atoms with van der Waals surface area (Å²) in [4.78, 5) is 0. The monoisotopic (exact) mass is 432 g/mol. The largest absolute Gasteiger partial charge is 0.429 e.